The van der Waals surface area contributed by atoms with Gasteiger partial charge in [-0.1, -0.05) is 23.4 Å². The molecule has 1 N–H and O–H groups in total. The number of ether oxygens (including phenoxy) is 2. The molecule has 1 aliphatic rings. The van der Waals surface area contributed by atoms with Gasteiger partial charge in [-0.15, -0.1) is 5.10 Å². The minimum absolute atomic E-state index is 0.229. The van der Waals surface area contributed by atoms with Crippen molar-refractivity contribution in [2.24, 2.45) is 7.05 Å². The third kappa shape index (κ3) is 2.51. The van der Waals surface area contributed by atoms with Gasteiger partial charge in [-0.2, -0.15) is 0 Å². The summed E-state index contributed by atoms with van der Waals surface area (Å²) in [6.45, 7) is 1.03. The Morgan fingerprint density at radius 2 is 2.25 bits per heavy atom. The van der Waals surface area contributed by atoms with Crippen LogP contribution < -0.4 is 15.2 Å². The van der Waals surface area contributed by atoms with Crippen LogP contribution in [0.3, 0.4) is 0 Å². The Morgan fingerprint density at radius 3 is 3.00 bits per heavy atom. The molecule has 0 unspecified atom stereocenters. The molecule has 0 amide bonds. The number of aromatic amines is 1. The molecule has 0 atom stereocenters. The van der Waals surface area contributed by atoms with Gasteiger partial charge in [0.1, 0.15) is 13.2 Å². The number of fused-ring (bicyclic) bond motifs is 1. The molecule has 2 heterocycles. The summed E-state index contributed by atoms with van der Waals surface area (Å²) in [5.74, 6) is 1.89. The van der Waals surface area contributed by atoms with E-state index in [1.807, 2.05) is 12.1 Å². The van der Waals surface area contributed by atoms with Crippen molar-refractivity contribution in [3.8, 4) is 11.5 Å². The summed E-state index contributed by atoms with van der Waals surface area (Å²) >= 11 is 7.62. The summed E-state index contributed by atoms with van der Waals surface area (Å²) in [5.41, 5.74) is 0.757. The van der Waals surface area contributed by atoms with Gasteiger partial charge < -0.3 is 9.47 Å². The number of thioether (sulfide) groups is 1. The smallest absolute Gasteiger partial charge is 0.343 e. The average molecular weight is 314 g/mol. The third-order valence-electron chi connectivity index (χ3n) is 2.86. The monoisotopic (exact) mass is 313 g/mol. The molecule has 1 aromatic carbocycles. The largest absolute Gasteiger partial charge is 0.486 e. The van der Waals surface area contributed by atoms with Crippen molar-refractivity contribution in [3.63, 3.8) is 0 Å². The molecule has 0 fully saturated rings. The van der Waals surface area contributed by atoms with Gasteiger partial charge in [-0.3, -0.25) is 4.57 Å². The zero-order valence-electron chi connectivity index (χ0n) is 10.7. The number of hydrogen-bond donors (Lipinski definition) is 1. The molecule has 1 aliphatic heterocycles. The molecule has 3 rings (SSSR count). The first kappa shape index (κ1) is 13.4. The lowest BCUT2D eigenvalue weighted by molar-refractivity contribution is 0.171. The molecule has 20 heavy (non-hydrogen) atoms. The molecule has 0 saturated heterocycles. The van der Waals surface area contributed by atoms with Crippen LogP contribution >= 0.6 is 23.4 Å². The topological polar surface area (TPSA) is 69.1 Å². The van der Waals surface area contributed by atoms with E-state index in [9.17, 15) is 4.79 Å². The second kappa shape index (κ2) is 5.41. The van der Waals surface area contributed by atoms with Gasteiger partial charge in [0.05, 0.1) is 5.02 Å². The summed E-state index contributed by atoms with van der Waals surface area (Å²) in [4.78, 5) is 11.3. The zero-order valence-corrected chi connectivity index (χ0v) is 12.3. The lowest BCUT2D eigenvalue weighted by atomic mass is 10.2. The maximum atomic E-state index is 11.3. The number of hydrogen-bond acceptors (Lipinski definition) is 5. The predicted molar refractivity (Wildman–Crippen MR) is 75.8 cm³/mol. The third-order valence-corrected chi connectivity index (χ3v) is 4.25. The highest BCUT2D eigenvalue weighted by Crippen LogP contribution is 2.39. The van der Waals surface area contributed by atoms with Crippen LogP contribution in [0.4, 0.5) is 0 Å². The van der Waals surface area contributed by atoms with Crippen LogP contribution in [0, 0.1) is 0 Å². The number of rotatable bonds is 3. The van der Waals surface area contributed by atoms with Crippen molar-refractivity contribution in [1.82, 2.24) is 14.8 Å². The molecular weight excluding hydrogens is 302 g/mol. The molecule has 0 spiro atoms. The summed E-state index contributed by atoms with van der Waals surface area (Å²) in [6, 6.07) is 3.74. The van der Waals surface area contributed by atoms with Crippen LogP contribution in [0.15, 0.2) is 22.1 Å². The van der Waals surface area contributed by atoms with E-state index in [0.717, 1.165) is 5.56 Å². The maximum absolute atomic E-state index is 11.3. The van der Waals surface area contributed by atoms with E-state index >= 15 is 0 Å². The van der Waals surface area contributed by atoms with E-state index in [0.29, 0.717) is 40.6 Å². The van der Waals surface area contributed by atoms with Gasteiger partial charge in [0.15, 0.2) is 16.7 Å². The van der Waals surface area contributed by atoms with Gasteiger partial charge in [-0.05, 0) is 17.7 Å². The summed E-state index contributed by atoms with van der Waals surface area (Å²) in [5, 5.41) is 7.50. The molecule has 2 aromatic rings. The Balaban J connectivity index is 1.79. The minimum atomic E-state index is -0.229. The second-order valence-electron chi connectivity index (χ2n) is 4.26. The van der Waals surface area contributed by atoms with Crippen molar-refractivity contribution in [3.05, 3.63) is 33.2 Å². The Labute approximate surface area is 124 Å². The molecule has 106 valence electrons. The molecule has 8 heteroatoms. The molecule has 0 aliphatic carbocycles. The Hall–Kier alpha value is -1.60. The normalized spacial score (nSPS) is 13.5. The van der Waals surface area contributed by atoms with Crippen LogP contribution in [0.5, 0.6) is 11.5 Å². The fraction of sp³-hybridized carbons (Fsp3) is 0.333. The molecule has 0 radical (unpaired) electrons. The lowest BCUT2D eigenvalue weighted by Gasteiger charge is -2.20. The van der Waals surface area contributed by atoms with Crippen LogP contribution in [0.2, 0.25) is 5.02 Å². The van der Waals surface area contributed by atoms with Crippen LogP contribution in [0.25, 0.3) is 0 Å². The van der Waals surface area contributed by atoms with Crippen molar-refractivity contribution >= 4 is 23.4 Å². The Morgan fingerprint density at radius 1 is 1.45 bits per heavy atom. The van der Waals surface area contributed by atoms with E-state index in [-0.39, 0.29) is 5.69 Å². The highest BCUT2D eigenvalue weighted by Gasteiger charge is 2.17. The van der Waals surface area contributed by atoms with Crippen molar-refractivity contribution in [2.45, 2.75) is 10.9 Å². The number of nitrogens with one attached hydrogen (secondary N) is 1. The molecule has 0 bridgehead atoms. The number of benzene rings is 1. The lowest BCUT2D eigenvalue weighted by Crippen LogP contribution is -2.15. The predicted octanol–water partition coefficient (Wildman–Crippen LogP) is 1.83. The van der Waals surface area contributed by atoms with E-state index in [2.05, 4.69) is 10.2 Å². The first-order valence-electron chi connectivity index (χ1n) is 5.97. The number of halogens is 1. The molecule has 1 aromatic heterocycles. The highest BCUT2D eigenvalue weighted by molar-refractivity contribution is 7.98. The fourth-order valence-corrected chi connectivity index (χ4v) is 2.99. The summed E-state index contributed by atoms with van der Waals surface area (Å²) in [7, 11) is 1.67. The second-order valence-corrected chi connectivity index (χ2v) is 5.61. The van der Waals surface area contributed by atoms with Gasteiger partial charge in [-0.25, -0.2) is 9.89 Å². The Bertz CT molecular complexity index is 698. The van der Waals surface area contributed by atoms with Crippen molar-refractivity contribution in [2.75, 3.05) is 13.2 Å². The van der Waals surface area contributed by atoms with Gasteiger partial charge in [0, 0.05) is 12.8 Å². The van der Waals surface area contributed by atoms with Gasteiger partial charge in [0.2, 0.25) is 0 Å². The molecule has 6 nitrogen and oxygen atoms in total. The number of H-pyrrole nitrogens is 1. The molecular formula is C12H12ClN3O3S. The number of nitrogens with zero attached hydrogens (tertiary/aromatic N) is 2. The van der Waals surface area contributed by atoms with E-state index < -0.39 is 0 Å². The van der Waals surface area contributed by atoms with Crippen molar-refractivity contribution < 1.29 is 9.47 Å². The van der Waals surface area contributed by atoms with Gasteiger partial charge >= 0.3 is 5.69 Å². The number of aromatic nitrogens is 3. The van der Waals surface area contributed by atoms with Crippen LogP contribution in [0.1, 0.15) is 5.56 Å². The standard InChI is InChI=1S/C12H12ClN3O3S/c1-16-11(17)14-15-12(16)20-6-7-4-8(13)10-9(5-7)18-2-3-19-10/h4-5H,2-3,6H2,1H3,(H,14,17). The first-order chi connectivity index (χ1) is 9.65. The summed E-state index contributed by atoms with van der Waals surface area (Å²) in [6.07, 6.45) is 0. The minimum Gasteiger partial charge on any atom is -0.486 e. The SMILES string of the molecule is Cn1c(SCc2cc(Cl)c3c(c2)OCCO3)n[nH]c1=O. The average Bonchev–Trinajstić information content (AvgIpc) is 2.77. The van der Waals surface area contributed by atoms with Crippen LogP contribution in [-0.4, -0.2) is 28.0 Å². The quantitative estimate of drug-likeness (QED) is 0.875. The zero-order chi connectivity index (χ0) is 14.1. The van der Waals surface area contributed by atoms with E-state index in [1.54, 1.807) is 7.05 Å². The van der Waals surface area contributed by atoms with Gasteiger partial charge in [0.25, 0.3) is 0 Å². The van der Waals surface area contributed by atoms with Crippen molar-refractivity contribution in [1.29, 1.82) is 0 Å². The highest BCUT2D eigenvalue weighted by atomic mass is 35.5. The van der Waals surface area contributed by atoms with E-state index in [4.69, 9.17) is 21.1 Å². The fourth-order valence-electron chi connectivity index (χ4n) is 1.86. The van der Waals surface area contributed by atoms with E-state index in [1.165, 1.54) is 16.3 Å². The summed E-state index contributed by atoms with van der Waals surface area (Å²) < 4.78 is 12.5. The molecule has 0 saturated carbocycles. The Kier molecular flexibility index (Phi) is 3.62. The first-order valence-corrected chi connectivity index (χ1v) is 7.33. The maximum Gasteiger partial charge on any atom is 0.343 e. The van der Waals surface area contributed by atoms with Crippen LogP contribution in [-0.2, 0) is 12.8 Å².